The number of benzene rings is 4. The molecule has 6 N–H and O–H groups in total. The van der Waals surface area contributed by atoms with Crippen LogP contribution in [0.3, 0.4) is 0 Å². The van der Waals surface area contributed by atoms with E-state index in [-0.39, 0.29) is 34.3 Å². The number of rotatable bonds is 6. The Morgan fingerprint density at radius 3 is 2.37 bits per heavy atom. The van der Waals surface area contributed by atoms with Crippen molar-refractivity contribution in [2.75, 3.05) is 10.6 Å². The summed E-state index contributed by atoms with van der Waals surface area (Å²) in [5.41, 5.74) is 11.9. The predicted molar refractivity (Wildman–Crippen MR) is 153 cm³/mol. The van der Waals surface area contributed by atoms with E-state index in [1.165, 1.54) is 18.2 Å². The molecule has 0 atom stereocenters. The molecule has 0 saturated carbocycles. The first-order chi connectivity index (χ1) is 19.3. The minimum atomic E-state index is -1.16. The number of para-hydroxylation sites is 1. The molecule has 0 radical (unpaired) electrons. The Hall–Kier alpha value is -5.09. The quantitative estimate of drug-likeness (QED) is 0.166. The van der Waals surface area contributed by atoms with Crippen molar-refractivity contribution >= 4 is 51.4 Å². The SMILES string of the molecule is Cc1c(-c2c(F)cc(C(N)=O)c3[nH]c4cc(C(C)(C)O)ccc4c23)cccc1N(C=O)C(=O)c1cccc(F)c1N. The van der Waals surface area contributed by atoms with Gasteiger partial charge in [-0.25, -0.2) is 13.7 Å². The molecule has 208 valence electrons. The van der Waals surface area contributed by atoms with Gasteiger partial charge < -0.3 is 21.6 Å². The third-order valence-corrected chi connectivity index (χ3v) is 7.24. The van der Waals surface area contributed by atoms with Gasteiger partial charge in [0.25, 0.3) is 11.8 Å². The largest absolute Gasteiger partial charge is 0.396 e. The van der Waals surface area contributed by atoms with Gasteiger partial charge in [0.05, 0.1) is 33.6 Å². The Balaban J connectivity index is 1.78. The summed E-state index contributed by atoms with van der Waals surface area (Å²) in [4.78, 5) is 41.7. The van der Waals surface area contributed by atoms with Crippen LogP contribution in [0, 0.1) is 18.6 Å². The van der Waals surface area contributed by atoms with Crippen molar-refractivity contribution in [2.24, 2.45) is 5.73 Å². The number of nitrogens with zero attached hydrogens (tertiary/aromatic N) is 1. The number of nitrogens with one attached hydrogen (secondary N) is 1. The Kier molecular flexibility index (Phi) is 6.59. The van der Waals surface area contributed by atoms with Gasteiger partial charge in [-0.1, -0.05) is 30.3 Å². The van der Waals surface area contributed by atoms with Crippen LogP contribution in [-0.4, -0.2) is 28.3 Å². The molecule has 0 aliphatic carbocycles. The zero-order chi connectivity index (χ0) is 29.8. The normalized spacial score (nSPS) is 11.7. The number of aromatic amines is 1. The number of carbonyl (C=O) groups is 3. The Morgan fingerprint density at radius 2 is 1.71 bits per heavy atom. The molecule has 0 aliphatic rings. The van der Waals surface area contributed by atoms with E-state index in [9.17, 15) is 23.9 Å². The number of hydrogen-bond acceptors (Lipinski definition) is 5. The van der Waals surface area contributed by atoms with Crippen molar-refractivity contribution in [3.8, 4) is 11.1 Å². The summed E-state index contributed by atoms with van der Waals surface area (Å²) in [6, 6.07) is 14.5. The monoisotopic (exact) mass is 556 g/mol. The van der Waals surface area contributed by atoms with Gasteiger partial charge in [0.1, 0.15) is 11.6 Å². The smallest absolute Gasteiger partial charge is 0.267 e. The first kappa shape index (κ1) is 27.5. The molecule has 0 fully saturated rings. The highest BCUT2D eigenvalue weighted by Gasteiger charge is 2.27. The molecule has 3 amide bonds. The molecule has 0 saturated heterocycles. The van der Waals surface area contributed by atoms with Crippen molar-refractivity contribution < 1.29 is 28.3 Å². The fraction of sp³-hybridized carbons (Fsp3) is 0.129. The zero-order valence-electron chi connectivity index (χ0n) is 22.4. The van der Waals surface area contributed by atoms with E-state index in [0.29, 0.717) is 33.0 Å². The molecule has 0 bridgehead atoms. The third kappa shape index (κ3) is 4.48. The standard InChI is InChI=1S/C31H26F2N4O4/c1-15-17(6-5-9-24(15)37(14-38)30(40)19-7-4-8-21(32)27(19)34)25-22(33)13-20(29(35)39)28-26(25)18-11-10-16(31(2,3)41)12-23(18)36-28/h4-14,36,41H,34H2,1-3H3,(H2,35,39). The lowest BCUT2D eigenvalue weighted by molar-refractivity contribution is -0.106. The Labute approximate surface area is 233 Å². The Morgan fingerprint density at radius 1 is 1.00 bits per heavy atom. The Bertz CT molecular complexity index is 1910. The minimum Gasteiger partial charge on any atom is -0.396 e. The summed E-state index contributed by atoms with van der Waals surface area (Å²) in [5, 5.41) is 11.4. The van der Waals surface area contributed by atoms with E-state index in [2.05, 4.69) is 4.98 Å². The molecule has 5 rings (SSSR count). The maximum absolute atomic E-state index is 15.9. The number of anilines is 2. The van der Waals surface area contributed by atoms with Crippen LogP contribution in [0.25, 0.3) is 32.9 Å². The maximum Gasteiger partial charge on any atom is 0.267 e. The fourth-order valence-corrected chi connectivity index (χ4v) is 5.11. The second-order valence-electron chi connectivity index (χ2n) is 10.3. The van der Waals surface area contributed by atoms with Crippen molar-refractivity contribution in [1.82, 2.24) is 4.98 Å². The van der Waals surface area contributed by atoms with Gasteiger partial charge in [-0.05, 0) is 67.8 Å². The number of hydrogen-bond donors (Lipinski definition) is 4. The van der Waals surface area contributed by atoms with Crippen LogP contribution in [0.5, 0.6) is 0 Å². The van der Waals surface area contributed by atoms with Crippen LogP contribution >= 0.6 is 0 Å². The lowest BCUT2D eigenvalue weighted by Gasteiger charge is -2.21. The number of nitrogen functional groups attached to an aromatic ring is 1. The van der Waals surface area contributed by atoms with Gasteiger partial charge in [-0.15, -0.1) is 0 Å². The van der Waals surface area contributed by atoms with Crippen LogP contribution < -0.4 is 16.4 Å². The van der Waals surface area contributed by atoms with Gasteiger partial charge in [0, 0.05) is 21.9 Å². The number of carbonyl (C=O) groups excluding carboxylic acids is 3. The van der Waals surface area contributed by atoms with Crippen LogP contribution in [0.15, 0.2) is 60.7 Å². The molecule has 41 heavy (non-hydrogen) atoms. The average molecular weight is 557 g/mol. The van der Waals surface area contributed by atoms with Gasteiger partial charge in [0.2, 0.25) is 6.41 Å². The first-order valence-electron chi connectivity index (χ1n) is 12.6. The highest BCUT2D eigenvalue weighted by molar-refractivity contribution is 6.21. The maximum atomic E-state index is 15.9. The molecule has 8 nitrogen and oxygen atoms in total. The highest BCUT2D eigenvalue weighted by Crippen LogP contribution is 2.42. The fourth-order valence-electron chi connectivity index (χ4n) is 5.11. The summed E-state index contributed by atoms with van der Waals surface area (Å²) in [7, 11) is 0. The number of halogens is 2. The van der Waals surface area contributed by atoms with E-state index in [1.807, 2.05) is 0 Å². The van der Waals surface area contributed by atoms with Gasteiger partial charge >= 0.3 is 0 Å². The number of primary amides is 1. The van der Waals surface area contributed by atoms with Crippen LogP contribution in [0.4, 0.5) is 20.2 Å². The lowest BCUT2D eigenvalue weighted by Crippen LogP contribution is -2.31. The molecule has 0 spiro atoms. The second kappa shape index (κ2) is 9.83. The number of nitrogens with two attached hydrogens (primary N) is 2. The molecule has 10 heteroatoms. The number of fused-ring (bicyclic) bond motifs is 3. The molecule has 0 aliphatic heterocycles. The average Bonchev–Trinajstić information content (AvgIpc) is 3.29. The number of amides is 3. The molecular weight excluding hydrogens is 530 g/mol. The summed E-state index contributed by atoms with van der Waals surface area (Å²) < 4.78 is 30.0. The van der Waals surface area contributed by atoms with Crippen LogP contribution in [-0.2, 0) is 10.4 Å². The van der Waals surface area contributed by atoms with Gasteiger partial charge in [-0.2, -0.15) is 0 Å². The molecular formula is C31H26F2N4O4. The van der Waals surface area contributed by atoms with Crippen molar-refractivity contribution in [2.45, 2.75) is 26.4 Å². The molecule has 0 unspecified atom stereocenters. The summed E-state index contributed by atoms with van der Waals surface area (Å²) >= 11 is 0. The van der Waals surface area contributed by atoms with Crippen LogP contribution in [0.1, 0.15) is 45.7 Å². The lowest BCUT2D eigenvalue weighted by atomic mass is 9.91. The summed E-state index contributed by atoms with van der Waals surface area (Å²) in [6.07, 6.45) is 0.283. The van der Waals surface area contributed by atoms with E-state index in [0.717, 1.165) is 17.0 Å². The minimum absolute atomic E-state index is 0.0673. The summed E-state index contributed by atoms with van der Waals surface area (Å²) in [5.74, 6) is -3.26. The van der Waals surface area contributed by atoms with Crippen LogP contribution in [0.2, 0.25) is 0 Å². The van der Waals surface area contributed by atoms with E-state index >= 15 is 4.39 Å². The number of aromatic nitrogens is 1. The zero-order valence-corrected chi connectivity index (χ0v) is 22.4. The molecule has 5 aromatic rings. The van der Waals surface area contributed by atoms with E-state index < -0.39 is 34.7 Å². The highest BCUT2D eigenvalue weighted by atomic mass is 19.1. The van der Waals surface area contributed by atoms with Gasteiger partial charge in [0.15, 0.2) is 0 Å². The van der Waals surface area contributed by atoms with E-state index in [1.54, 1.807) is 51.1 Å². The van der Waals surface area contributed by atoms with Gasteiger partial charge in [-0.3, -0.25) is 14.4 Å². The topological polar surface area (TPSA) is 143 Å². The predicted octanol–water partition coefficient (Wildman–Crippen LogP) is 5.29. The summed E-state index contributed by atoms with van der Waals surface area (Å²) in [6.45, 7) is 4.87. The van der Waals surface area contributed by atoms with Crippen molar-refractivity contribution in [1.29, 1.82) is 0 Å². The second-order valence-corrected chi connectivity index (χ2v) is 10.3. The number of H-pyrrole nitrogens is 1. The molecule has 4 aromatic carbocycles. The van der Waals surface area contributed by atoms with E-state index in [4.69, 9.17) is 11.5 Å². The molecule has 1 heterocycles. The molecule has 1 aromatic heterocycles. The van der Waals surface area contributed by atoms with Crippen molar-refractivity contribution in [3.05, 3.63) is 94.6 Å². The number of imide groups is 1. The first-order valence-corrected chi connectivity index (χ1v) is 12.6. The van der Waals surface area contributed by atoms with Crippen molar-refractivity contribution in [3.63, 3.8) is 0 Å². The third-order valence-electron chi connectivity index (χ3n) is 7.24. The number of aliphatic hydroxyl groups is 1.